The second-order valence-corrected chi connectivity index (χ2v) is 6.41. The number of aromatic hydroxyl groups is 1. The number of hydrogen-bond acceptors (Lipinski definition) is 3. The van der Waals surface area contributed by atoms with Gasteiger partial charge in [-0.15, -0.1) is 0 Å². The minimum absolute atomic E-state index is 0.0332. The number of phenols is 1. The fourth-order valence-electron chi connectivity index (χ4n) is 3.32. The Bertz CT molecular complexity index is 707. The lowest BCUT2D eigenvalue weighted by atomic mass is 9.90. The van der Waals surface area contributed by atoms with Crippen molar-refractivity contribution in [3.05, 3.63) is 59.2 Å². The van der Waals surface area contributed by atoms with Gasteiger partial charge in [0.2, 0.25) is 0 Å². The molecule has 0 saturated heterocycles. The Morgan fingerprint density at radius 2 is 1.96 bits per heavy atom. The number of unbranched alkanes of at least 4 members (excludes halogenated alkanes) is 1. The van der Waals surface area contributed by atoms with Gasteiger partial charge < -0.3 is 9.84 Å². The molecular formula is C21H24O3. The van der Waals surface area contributed by atoms with Crippen LogP contribution >= 0.6 is 0 Å². The Morgan fingerprint density at radius 3 is 2.71 bits per heavy atom. The number of phenolic OH excluding ortho intramolecular Hbond substituents is 1. The van der Waals surface area contributed by atoms with Gasteiger partial charge in [-0.3, -0.25) is 4.79 Å². The first-order chi connectivity index (χ1) is 11.7. The molecule has 2 aromatic rings. The molecule has 3 heteroatoms. The zero-order valence-electron chi connectivity index (χ0n) is 14.1. The maximum absolute atomic E-state index is 12.0. The van der Waals surface area contributed by atoms with Crippen molar-refractivity contribution in [3.63, 3.8) is 0 Å². The molecule has 0 fully saturated rings. The number of carbonyl (C=O) groups excluding carboxylic acids is 1. The zero-order valence-corrected chi connectivity index (χ0v) is 14.1. The van der Waals surface area contributed by atoms with E-state index < -0.39 is 0 Å². The summed E-state index contributed by atoms with van der Waals surface area (Å²) in [6.45, 7) is 2.17. The van der Waals surface area contributed by atoms with Crippen LogP contribution in [0.15, 0.2) is 42.5 Å². The minimum atomic E-state index is -0.0390. The first kappa shape index (κ1) is 16.6. The zero-order chi connectivity index (χ0) is 16.9. The lowest BCUT2D eigenvalue weighted by Crippen LogP contribution is -2.12. The smallest absolute Gasteiger partial charge is 0.166 e. The molecule has 0 heterocycles. The summed E-state index contributed by atoms with van der Waals surface area (Å²) in [5.74, 6) is 0.728. The van der Waals surface area contributed by atoms with Crippen molar-refractivity contribution in [2.45, 2.75) is 51.6 Å². The number of aryl methyl sites for hydroxylation is 1. The fourth-order valence-corrected chi connectivity index (χ4v) is 3.32. The van der Waals surface area contributed by atoms with Gasteiger partial charge in [-0.05, 0) is 42.9 Å². The SMILES string of the molecule is CCCCC(Oc1cc(O)c2c(c1)CCCC2=O)c1ccccc1. The molecule has 1 N–H and O–H groups in total. The van der Waals surface area contributed by atoms with E-state index in [1.165, 1.54) is 0 Å². The van der Waals surface area contributed by atoms with E-state index in [0.29, 0.717) is 17.7 Å². The number of Topliss-reactive ketones (excluding diaryl/α,β-unsaturated/α-hetero) is 1. The summed E-state index contributed by atoms with van der Waals surface area (Å²) in [5, 5.41) is 10.3. The van der Waals surface area contributed by atoms with E-state index in [1.54, 1.807) is 6.07 Å². The van der Waals surface area contributed by atoms with Gasteiger partial charge in [-0.25, -0.2) is 0 Å². The third kappa shape index (κ3) is 3.61. The molecular weight excluding hydrogens is 300 g/mol. The van der Waals surface area contributed by atoms with Crippen molar-refractivity contribution in [2.75, 3.05) is 0 Å². The molecule has 1 aliphatic carbocycles. The first-order valence-electron chi connectivity index (χ1n) is 8.79. The summed E-state index contributed by atoms with van der Waals surface area (Å²) in [6, 6.07) is 13.7. The van der Waals surface area contributed by atoms with Crippen LogP contribution in [0.3, 0.4) is 0 Å². The monoisotopic (exact) mass is 324 g/mol. The van der Waals surface area contributed by atoms with Crippen LogP contribution in [-0.2, 0) is 6.42 Å². The normalized spacial score (nSPS) is 15.0. The molecule has 0 radical (unpaired) electrons. The van der Waals surface area contributed by atoms with Gasteiger partial charge in [0, 0.05) is 12.5 Å². The summed E-state index contributed by atoms with van der Waals surface area (Å²) in [6.07, 6.45) is 5.25. The van der Waals surface area contributed by atoms with Gasteiger partial charge in [-0.2, -0.15) is 0 Å². The number of benzene rings is 2. The van der Waals surface area contributed by atoms with Crippen LogP contribution in [0.5, 0.6) is 11.5 Å². The molecule has 3 nitrogen and oxygen atoms in total. The summed E-state index contributed by atoms with van der Waals surface area (Å²) in [5.41, 5.74) is 2.53. The molecule has 0 aromatic heterocycles. The van der Waals surface area contributed by atoms with Crippen LogP contribution in [0.1, 0.15) is 66.6 Å². The van der Waals surface area contributed by atoms with Crippen LogP contribution < -0.4 is 4.74 Å². The third-order valence-electron chi connectivity index (χ3n) is 4.57. The van der Waals surface area contributed by atoms with E-state index >= 15 is 0 Å². The average molecular weight is 324 g/mol. The van der Waals surface area contributed by atoms with Gasteiger partial charge >= 0.3 is 0 Å². The van der Waals surface area contributed by atoms with Crippen molar-refractivity contribution in [1.29, 1.82) is 0 Å². The lowest BCUT2D eigenvalue weighted by Gasteiger charge is -2.22. The van der Waals surface area contributed by atoms with Crippen molar-refractivity contribution in [1.82, 2.24) is 0 Å². The minimum Gasteiger partial charge on any atom is -0.507 e. The maximum Gasteiger partial charge on any atom is 0.166 e. The van der Waals surface area contributed by atoms with Gasteiger partial charge in [0.15, 0.2) is 5.78 Å². The summed E-state index contributed by atoms with van der Waals surface area (Å²) in [4.78, 5) is 12.0. The topological polar surface area (TPSA) is 46.5 Å². The van der Waals surface area contributed by atoms with Crippen LogP contribution in [0.4, 0.5) is 0 Å². The molecule has 2 aromatic carbocycles. The predicted octanol–water partition coefficient (Wildman–Crippen LogP) is 5.22. The van der Waals surface area contributed by atoms with Crippen molar-refractivity contribution in [3.8, 4) is 11.5 Å². The molecule has 126 valence electrons. The molecule has 0 aliphatic heterocycles. The second-order valence-electron chi connectivity index (χ2n) is 6.41. The molecule has 0 bridgehead atoms. The van der Waals surface area contributed by atoms with E-state index in [4.69, 9.17) is 4.74 Å². The third-order valence-corrected chi connectivity index (χ3v) is 4.57. The molecule has 1 atom stereocenters. The van der Waals surface area contributed by atoms with E-state index in [-0.39, 0.29) is 17.6 Å². The predicted molar refractivity (Wildman–Crippen MR) is 94.7 cm³/mol. The van der Waals surface area contributed by atoms with Gasteiger partial charge in [0.05, 0.1) is 5.56 Å². The highest BCUT2D eigenvalue weighted by atomic mass is 16.5. The molecule has 0 spiro atoms. The number of ether oxygens (including phenoxy) is 1. The Labute approximate surface area is 143 Å². The Balaban J connectivity index is 1.87. The highest BCUT2D eigenvalue weighted by Crippen LogP contribution is 2.35. The quantitative estimate of drug-likeness (QED) is 0.792. The molecule has 1 aliphatic rings. The Hall–Kier alpha value is -2.29. The Morgan fingerprint density at radius 1 is 1.17 bits per heavy atom. The largest absolute Gasteiger partial charge is 0.507 e. The summed E-state index contributed by atoms with van der Waals surface area (Å²) < 4.78 is 6.21. The van der Waals surface area contributed by atoms with E-state index in [0.717, 1.165) is 43.2 Å². The molecule has 24 heavy (non-hydrogen) atoms. The maximum atomic E-state index is 12.0. The average Bonchev–Trinajstić information content (AvgIpc) is 2.59. The Kier molecular flexibility index (Phi) is 5.19. The van der Waals surface area contributed by atoms with Crippen LogP contribution in [0, 0.1) is 0 Å². The number of fused-ring (bicyclic) bond motifs is 1. The molecule has 1 unspecified atom stereocenters. The highest BCUT2D eigenvalue weighted by Gasteiger charge is 2.23. The van der Waals surface area contributed by atoms with Gasteiger partial charge in [0.25, 0.3) is 0 Å². The van der Waals surface area contributed by atoms with E-state index in [9.17, 15) is 9.90 Å². The van der Waals surface area contributed by atoms with E-state index in [2.05, 4.69) is 19.1 Å². The number of ketones is 1. The van der Waals surface area contributed by atoms with Crippen molar-refractivity contribution < 1.29 is 14.6 Å². The number of carbonyl (C=O) groups is 1. The van der Waals surface area contributed by atoms with Gasteiger partial charge in [0.1, 0.15) is 17.6 Å². The van der Waals surface area contributed by atoms with Crippen molar-refractivity contribution in [2.24, 2.45) is 0 Å². The highest BCUT2D eigenvalue weighted by molar-refractivity contribution is 6.01. The van der Waals surface area contributed by atoms with Crippen LogP contribution in [0.25, 0.3) is 0 Å². The van der Waals surface area contributed by atoms with Gasteiger partial charge in [-0.1, -0.05) is 43.7 Å². The van der Waals surface area contributed by atoms with Crippen LogP contribution in [0.2, 0.25) is 0 Å². The fraction of sp³-hybridized carbons (Fsp3) is 0.381. The first-order valence-corrected chi connectivity index (χ1v) is 8.79. The summed E-state index contributed by atoms with van der Waals surface area (Å²) in [7, 11) is 0. The number of rotatable bonds is 6. The standard InChI is InChI=1S/C21H24O3/c1-2-3-12-20(15-8-5-4-6-9-15)24-17-13-16-10-7-11-18(22)21(16)19(23)14-17/h4-6,8-9,13-14,20,23H,2-3,7,10-12H2,1H3. The molecule has 0 saturated carbocycles. The lowest BCUT2D eigenvalue weighted by molar-refractivity contribution is 0.0969. The summed E-state index contributed by atoms with van der Waals surface area (Å²) >= 11 is 0. The van der Waals surface area contributed by atoms with Crippen LogP contribution in [-0.4, -0.2) is 10.9 Å². The van der Waals surface area contributed by atoms with E-state index in [1.807, 2.05) is 24.3 Å². The second kappa shape index (κ2) is 7.52. The number of hydrogen-bond donors (Lipinski definition) is 1. The molecule has 3 rings (SSSR count). The van der Waals surface area contributed by atoms with Crippen molar-refractivity contribution >= 4 is 5.78 Å². The molecule has 0 amide bonds.